The van der Waals surface area contributed by atoms with Gasteiger partial charge in [-0.2, -0.15) is 0 Å². The summed E-state index contributed by atoms with van der Waals surface area (Å²) in [6.45, 7) is 12.5. The van der Waals surface area contributed by atoms with E-state index in [9.17, 15) is 4.79 Å². The molecule has 4 heterocycles. The molecular weight excluding hydrogens is 432 g/mol. The molecule has 5 fully saturated rings. The molecule has 2 atom stereocenters. The number of piperidine rings is 1. The van der Waals surface area contributed by atoms with Crippen molar-refractivity contribution in [3.05, 3.63) is 23.8 Å². The second kappa shape index (κ2) is 9.70. The van der Waals surface area contributed by atoms with Gasteiger partial charge in [0, 0.05) is 49.6 Å². The van der Waals surface area contributed by atoms with Crippen molar-refractivity contribution in [2.24, 2.45) is 11.3 Å². The molecule has 1 spiro atoms. The molecule has 4 aliphatic heterocycles. The van der Waals surface area contributed by atoms with E-state index in [1.54, 1.807) is 0 Å². The molecule has 1 aromatic rings. The number of rotatable bonds is 5. The fourth-order valence-electron chi connectivity index (χ4n) is 8.12. The van der Waals surface area contributed by atoms with Crippen LogP contribution in [-0.4, -0.2) is 73.6 Å². The quantitative estimate of drug-likeness (QED) is 0.591. The molecule has 5 aliphatic rings. The minimum Gasteiger partial charge on any atom is -0.370 e. The van der Waals surface area contributed by atoms with Gasteiger partial charge in [0.25, 0.3) is 0 Å². The third kappa shape index (κ3) is 4.52. The molecular formula is C30H46N4O. The number of amides is 1. The molecule has 0 bridgehead atoms. The van der Waals surface area contributed by atoms with Gasteiger partial charge in [0.05, 0.1) is 5.41 Å². The maximum atomic E-state index is 13.7. The first kappa shape index (κ1) is 23.8. The Morgan fingerprint density at radius 3 is 2.40 bits per heavy atom. The van der Waals surface area contributed by atoms with Crippen LogP contribution < -0.4 is 9.80 Å². The molecule has 1 aliphatic carbocycles. The number of carbonyl (C=O) groups excluding carboxylic acids is 1. The molecule has 0 radical (unpaired) electrons. The Morgan fingerprint density at radius 2 is 1.69 bits per heavy atom. The fraction of sp³-hybridized carbons (Fsp3) is 0.767. The topological polar surface area (TPSA) is 30.0 Å². The third-order valence-corrected chi connectivity index (χ3v) is 10.4. The fourth-order valence-corrected chi connectivity index (χ4v) is 8.12. The number of likely N-dealkylation sites (tertiary alicyclic amines) is 2. The molecule has 1 saturated carbocycles. The zero-order valence-electron chi connectivity index (χ0n) is 22.2. The first-order chi connectivity index (χ1) is 17.0. The summed E-state index contributed by atoms with van der Waals surface area (Å²) in [4.78, 5) is 23.8. The highest BCUT2D eigenvalue weighted by molar-refractivity contribution is 6.00. The summed E-state index contributed by atoms with van der Waals surface area (Å²) in [6, 6.07) is 8.30. The standard InChI is InChI=1S/C30H46N4O/c1-23-20-26(32-16-11-27(22-32)33-15-5-6-24(33)2)9-10-28(23)34-19-14-30(29(34)35)12-17-31(18-13-30)21-25-7-3-4-8-25/h9-10,20,24-25,27H,3-8,11-19,21-22H2,1-2H3/t24-,27-/m1/s1. The summed E-state index contributed by atoms with van der Waals surface area (Å²) < 4.78 is 0. The largest absolute Gasteiger partial charge is 0.370 e. The van der Waals surface area contributed by atoms with E-state index in [4.69, 9.17) is 0 Å². The normalized spacial score (nSPS) is 30.4. The lowest BCUT2D eigenvalue weighted by atomic mass is 9.77. The van der Waals surface area contributed by atoms with Gasteiger partial charge in [-0.05, 0) is 115 Å². The number of aryl methyl sites for hydroxylation is 1. The predicted molar refractivity (Wildman–Crippen MR) is 144 cm³/mol. The summed E-state index contributed by atoms with van der Waals surface area (Å²) in [5.41, 5.74) is 3.63. The van der Waals surface area contributed by atoms with Crippen LogP contribution in [0.1, 0.15) is 76.7 Å². The number of carbonyl (C=O) groups is 1. The van der Waals surface area contributed by atoms with Crippen LogP contribution in [0.2, 0.25) is 0 Å². The number of hydrogen-bond acceptors (Lipinski definition) is 4. The molecule has 4 saturated heterocycles. The van der Waals surface area contributed by atoms with Crippen molar-refractivity contribution in [1.82, 2.24) is 9.80 Å². The van der Waals surface area contributed by atoms with E-state index >= 15 is 0 Å². The monoisotopic (exact) mass is 478 g/mol. The van der Waals surface area contributed by atoms with Gasteiger partial charge in [0.15, 0.2) is 0 Å². The molecule has 0 aromatic heterocycles. The van der Waals surface area contributed by atoms with Gasteiger partial charge in [-0.1, -0.05) is 12.8 Å². The van der Waals surface area contributed by atoms with E-state index in [2.05, 4.69) is 51.6 Å². The zero-order chi connectivity index (χ0) is 24.0. The Morgan fingerprint density at radius 1 is 0.914 bits per heavy atom. The van der Waals surface area contributed by atoms with Gasteiger partial charge in [0.1, 0.15) is 0 Å². The van der Waals surface area contributed by atoms with Crippen molar-refractivity contribution < 1.29 is 4.79 Å². The number of nitrogens with zero attached hydrogens (tertiary/aromatic N) is 4. The van der Waals surface area contributed by atoms with Crippen molar-refractivity contribution in [3.63, 3.8) is 0 Å². The summed E-state index contributed by atoms with van der Waals surface area (Å²) >= 11 is 0. The van der Waals surface area contributed by atoms with Gasteiger partial charge >= 0.3 is 0 Å². The lowest BCUT2D eigenvalue weighted by molar-refractivity contribution is -0.128. The van der Waals surface area contributed by atoms with Crippen LogP contribution in [0.25, 0.3) is 0 Å². The molecule has 5 nitrogen and oxygen atoms in total. The molecule has 192 valence electrons. The van der Waals surface area contributed by atoms with Crippen LogP contribution in [0, 0.1) is 18.3 Å². The van der Waals surface area contributed by atoms with Crippen LogP contribution in [-0.2, 0) is 4.79 Å². The maximum Gasteiger partial charge on any atom is 0.233 e. The summed E-state index contributed by atoms with van der Waals surface area (Å²) in [6.07, 6.45) is 12.8. The Labute approximate surface area is 212 Å². The van der Waals surface area contributed by atoms with Crippen molar-refractivity contribution >= 4 is 17.3 Å². The summed E-state index contributed by atoms with van der Waals surface area (Å²) in [5, 5.41) is 0. The Kier molecular flexibility index (Phi) is 6.59. The van der Waals surface area contributed by atoms with Gasteiger partial charge in [0.2, 0.25) is 5.91 Å². The van der Waals surface area contributed by atoms with Crippen LogP contribution in [0.5, 0.6) is 0 Å². The van der Waals surface area contributed by atoms with Crippen LogP contribution in [0.15, 0.2) is 18.2 Å². The van der Waals surface area contributed by atoms with Crippen molar-refractivity contribution in [2.75, 3.05) is 55.6 Å². The molecule has 35 heavy (non-hydrogen) atoms. The Bertz CT molecular complexity index is 917. The van der Waals surface area contributed by atoms with Crippen molar-refractivity contribution in [2.45, 2.75) is 90.1 Å². The van der Waals surface area contributed by atoms with E-state index < -0.39 is 0 Å². The summed E-state index contributed by atoms with van der Waals surface area (Å²) in [7, 11) is 0. The molecule has 1 amide bonds. The molecule has 6 rings (SSSR count). The van der Waals surface area contributed by atoms with Gasteiger partial charge < -0.3 is 14.7 Å². The average Bonchev–Trinajstić information content (AvgIpc) is 3.66. The van der Waals surface area contributed by atoms with E-state index in [-0.39, 0.29) is 5.41 Å². The third-order valence-electron chi connectivity index (χ3n) is 10.4. The SMILES string of the molecule is Cc1cc(N2CC[C@@H](N3CCC[C@H]3C)C2)ccc1N1CCC2(CCN(CC3CCCC3)CC2)C1=O. The van der Waals surface area contributed by atoms with Gasteiger partial charge in [-0.15, -0.1) is 0 Å². The second-order valence-corrected chi connectivity index (χ2v) is 12.5. The molecule has 0 N–H and O–H groups in total. The minimum atomic E-state index is -0.105. The smallest absolute Gasteiger partial charge is 0.233 e. The molecule has 5 heteroatoms. The number of anilines is 2. The molecule has 1 aromatic carbocycles. The van der Waals surface area contributed by atoms with Crippen molar-refractivity contribution in [1.29, 1.82) is 0 Å². The summed E-state index contributed by atoms with van der Waals surface area (Å²) in [5.74, 6) is 1.31. The highest BCUT2D eigenvalue weighted by Crippen LogP contribution is 2.44. The lowest BCUT2D eigenvalue weighted by Crippen LogP contribution is -2.45. The lowest BCUT2D eigenvalue weighted by Gasteiger charge is -2.39. The predicted octanol–water partition coefficient (Wildman–Crippen LogP) is 5.07. The van der Waals surface area contributed by atoms with E-state index in [0.29, 0.717) is 11.9 Å². The van der Waals surface area contributed by atoms with Gasteiger partial charge in [-0.25, -0.2) is 0 Å². The average molecular weight is 479 g/mol. The maximum absolute atomic E-state index is 13.7. The highest BCUT2D eigenvalue weighted by atomic mass is 16.2. The van der Waals surface area contributed by atoms with Crippen molar-refractivity contribution in [3.8, 4) is 0 Å². The first-order valence-corrected chi connectivity index (χ1v) is 14.7. The Balaban J connectivity index is 1.08. The highest BCUT2D eigenvalue weighted by Gasteiger charge is 2.48. The molecule has 0 unspecified atom stereocenters. The second-order valence-electron chi connectivity index (χ2n) is 12.5. The van der Waals surface area contributed by atoms with E-state index in [1.807, 2.05) is 0 Å². The van der Waals surface area contributed by atoms with Crippen LogP contribution in [0.4, 0.5) is 11.4 Å². The van der Waals surface area contributed by atoms with E-state index in [1.165, 1.54) is 69.3 Å². The number of hydrogen-bond donors (Lipinski definition) is 0. The van der Waals surface area contributed by atoms with Crippen LogP contribution >= 0.6 is 0 Å². The van der Waals surface area contributed by atoms with Crippen LogP contribution in [0.3, 0.4) is 0 Å². The first-order valence-electron chi connectivity index (χ1n) is 14.7. The van der Waals surface area contributed by atoms with E-state index in [0.717, 1.165) is 69.6 Å². The Hall–Kier alpha value is -1.59. The minimum absolute atomic E-state index is 0.105. The van der Waals surface area contributed by atoms with Gasteiger partial charge in [-0.3, -0.25) is 9.69 Å². The zero-order valence-corrected chi connectivity index (χ0v) is 22.2. The number of benzene rings is 1.